The second-order valence-corrected chi connectivity index (χ2v) is 3.89. The summed E-state index contributed by atoms with van der Waals surface area (Å²) in [6.45, 7) is 3.75. The second kappa shape index (κ2) is 4.89. The molecule has 0 atom stereocenters. The molecule has 0 saturated heterocycles. The third-order valence-electron chi connectivity index (χ3n) is 1.99. The number of thiocarbonyl (C=S) groups is 1. The van der Waals surface area contributed by atoms with Crippen molar-refractivity contribution in [1.29, 1.82) is 0 Å². The van der Waals surface area contributed by atoms with Crippen LogP contribution >= 0.6 is 12.2 Å². The summed E-state index contributed by atoms with van der Waals surface area (Å²) < 4.78 is 0. The highest BCUT2D eigenvalue weighted by molar-refractivity contribution is 7.80. The number of benzene rings is 1. The minimum atomic E-state index is -0.155. The third-order valence-corrected chi connectivity index (χ3v) is 2.19. The SMILES string of the molecule is CC(C)N(C(=O)c1ccccc1)C(N)=S. The standard InChI is InChI=1S/C11H14N2OS/c1-8(2)13(11(12)15)10(14)9-6-4-3-5-7-9/h3-8H,1-2H3,(H2,12,15). The van der Waals surface area contributed by atoms with Crippen LogP contribution in [0.1, 0.15) is 24.2 Å². The molecule has 0 heterocycles. The predicted molar refractivity (Wildman–Crippen MR) is 64.5 cm³/mol. The third kappa shape index (κ3) is 2.76. The van der Waals surface area contributed by atoms with Gasteiger partial charge in [0.25, 0.3) is 5.91 Å². The zero-order valence-electron chi connectivity index (χ0n) is 8.81. The predicted octanol–water partition coefficient (Wildman–Crippen LogP) is 1.78. The van der Waals surface area contributed by atoms with Gasteiger partial charge in [-0.1, -0.05) is 18.2 Å². The van der Waals surface area contributed by atoms with Crippen molar-refractivity contribution in [2.24, 2.45) is 5.73 Å². The Balaban J connectivity index is 2.97. The topological polar surface area (TPSA) is 46.3 Å². The maximum atomic E-state index is 12.0. The van der Waals surface area contributed by atoms with E-state index in [9.17, 15) is 4.79 Å². The Morgan fingerprint density at radius 3 is 2.27 bits per heavy atom. The van der Waals surface area contributed by atoms with Gasteiger partial charge in [0.1, 0.15) is 0 Å². The van der Waals surface area contributed by atoms with Crippen LogP contribution in [0.15, 0.2) is 30.3 Å². The minimum Gasteiger partial charge on any atom is -0.376 e. The largest absolute Gasteiger partial charge is 0.376 e. The van der Waals surface area contributed by atoms with E-state index in [0.29, 0.717) is 5.56 Å². The first-order chi connectivity index (χ1) is 7.04. The molecule has 0 radical (unpaired) electrons. The second-order valence-electron chi connectivity index (χ2n) is 3.47. The molecule has 0 bridgehead atoms. The molecule has 0 spiro atoms. The van der Waals surface area contributed by atoms with Crippen molar-refractivity contribution >= 4 is 23.2 Å². The summed E-state index contributed by atoms with van der Waals surface area (Å²) in [4.78, 5) is 13.4. The van der Waals surface area contributed by atoms with Crippen molar-refractivity contribution in [2.45, 2.75) is 19.9 Å². The van der Waals surface area contributed by atoms with E-state index in [1.54, 1.807) is 12.1 Å². The Labute approximate surface area is 94.9 Å². The lowest BCUT2D eigenvalue weighted by Crippen LogP contribution is -2.44. The fourth-order valence-corrected chi connectivity index (χ4v) is 1.60. The highest BCUT2D eigenvalue weighted by Gasteiger charge is 2.20. The average Bonchev–Trinajstić information content (AvgIpc) is 2.18. The molecule has 0 aliphatic carbocycles. The summed E-state index contributed by atoms with van der Waals surface area (Å²) in [7, 11) is 0. The van der Waals surface area contributed by atoms with Crippen molar-refractivity contribution in [3.63, 3.8) is 0 Å². The summed E-state index contributed by atoms with van der Waals surface area (Å²) >= 11 is 4.85. The summed E-state index contributed by atoms with van der Waals surface area (Å²) in [6.07, 6.45) is 0. The monoisotopic (exact) mass is 222 g/mol. The Hall–Kier alpha value is -1.42. The molecule has 0 aromatic heterocycles. The molecule has 0 unspecified atom stereocenters. The van der Waals surface area contributed by atoms with Crippen LogP contribution in [0, 0.1) is 0 Å². The summed E-state index contributed by atoms with van der Waals surface area (Å²) in [5.41, 5.74) is 6.11. The Bertz CT molecular complexity index is 362. The van der Waals surface area contributed by atoms with Crippen LogP contribution < -0.4 is 5.73 Å². The van der Waals surface area contributed by atoms with Crippen LogP contribution in [0.25, 0.3) is 0 Å². The van der Waals surface area contributed by atoms with E-state index in [4.69, 9.17) is 18.0 Å². The number of carbonyl (C=O) groups excluding carboxylic acids is 1. The number of nitrogens with two attached hydrogens (primary N) is 1. The van der Waals surface area contributed by atoms with Gasteiger partial charge in [0, 0.05) is 11.6 Å². The first-order valence-corrected chi connectivity index (χ1v) is 5.13. The lowest BCUT2D eigenvalue weighted by Gasteiger charge is -2.24. The molecule has 1 rings (SSSR count). The number of rotatable bonds is 2. The van der Waals surface area contributed by atoms with Gasteiger partial charge in [-0.05, 0) is 38.2 Å². The molecule has 0 aliphatic rings. The number of nitrogens with zero attached hydrogens (tertiary/aromatic N) is 1. The number of hydrogen-bond donors (Lipinski definition) is 1. The highest BCUT2D eigenvalue weighted by atomic mass is 32.1. The molecule has 0 fully saturated rings. The molecule has 1 aromatic carbocycles. The molecular weight excluding hydrogens is 208 g/mol. The molecule has 0 saturated carbocycles. The quantitative estimate of drug-likeness (QED) is 0.776. The molecular formula is C11H14N2OS. The van der Waals surface area contributed by atoms with Gasteiger partial charge < -0.3 is 5.73 Å². The van der Waals surface area contributed by atoms with Gasteiger partial charge >= 0.3 is 0 Å². The highest BCUT2D eigenvalue weighted by Crippen LogP contribution is 2.07. The van der Waals surface area contributed by atoms with Crippen LogP contribution in [0.3, 0.4) is 0 Å². The molecule has 0 aliphatic heterocycles. The van der Waals surface area contributed by atoms with Gasteiger partial charge in [0.2, 0.25) is 0 Å². The lowest BCUT2D eigenvalue weighted by atomic mass is 10.2. The molecule has 2 N–H and O–H groups in total. The fourth-order valence-electron chi connectivity index (χ4n) is 1.31. The fraction of sp³-hybridized carbons (Fsp3) is 0.273. The summed E-state index contributed by atoms with van der Waals surface area (Å²) in [6, 6.07) is 8.94. The molecule has 80 valence electrons. The van der Waals surface area contributed by atoms with Crippen molar-refractivity contribution in [3.8, 4) is 0 Å². The molecule has 15 heavy (non-hydrogen) atoms. The molecule has 1 amide bonds. The van der Waals surface area contributed by atoms with Gasteiger partial charge in [-0.2, -0.15) is 0 Å². The van der Waals surface area contributed by atoms with Crippen molar-refractivity contribution in [2.75, 3.05) is 0 Å². The summed E-state index contributed by atoms with van der Waals surface area (Å²) in [5, 5.41) is 0.110. The minimum absolute atomic E-state index is 0.0322. The van der Waals surface area contributed by atoms with Crippen molar-refractivity contribution in [3.05, 3.63) is 35.9 Å². The number of amides is 1. The van der Waals surface area contributed by atoms with Crippen molar-refractivity contribution in [1.82, 2.24) is 4.90 Å². The van der Waals surface area contributed by atoms with Gasteiger partial charge in [0.05, 0.1) is 0 Å². The average molecular weight is 222 g/mol. The smallest absolute Gasteiger partial charge is 0.260 e. The van der Waals surface area contributed by atoms with Crippen LogP contribution in [-0.2, 0) is 0 Å². The van der Waals surface area contributed by atoms with Crippen LogP contribution in [0.5, 0.6) is 0 Å². The zero-order chi connectivity index (χ0) is 11.4. The zero-order valence-corrected chi connectivity index (χ0v) is 9.62. The van der Waals surface area contributed by atoms with E-state index < -0.39 is 0 Å². The van der Waals surface area contributed by atoms with E-state index in [1.165, 1.54) is 4.90 Å². The van der Waals surface area contributed by atoms with E-state index in [1.807, 2.05) is 32.0 Å². The maximum absolute atomic E-state index is 12.0. The lowest BCUT2D eigenvalue weighted by molar-refractivity contribution is 0.0820. The molecule has 1 aromatic rings. The van der Waals surface area contributed by atoms with E-state index in [2.05, 4.69) is 0 Å². The van der Waals surface area contributed by atoms with Gasteiger partial charge in [0.15, 0.2) is 5.11 Å². The Morgan fingerprint density at radius 2 is 1.87 bits per heavy atom. The first kappa shape index (κ1) is 11.7. The molecule has 4 heteroatoms. The summed E-state index contributed by atoms with van der Waals surface area (Å²) in [5.74, 6) is -0.155. The van der Waals surface area contributed by atoms with Crippen molar-refractivity contribution < 1.29 is 4.79 Å². The van der Waals surface area contributed by atoms with Crippen LogP contribution in [0.4, 0.5) is 0 Å². The van der Waals surface area contributed by atoms with Gasteiger partial charge in [-0.3, -0.25) is 9.69 Å². The maximum Gasteiger partial charge on any atom is 0.260 e. The van der Waals surface area contributed by atoms with Crippen LogP contribution in [0.2, 0.25) is 0 Å². The van der Waals surface area contributed by atoms with Gasteiger partial charge in [-0.25, -0.2) is 0 Å². The molecule has 3 nitrogen and oxygen atoms in total. The normalized spacial score (nSPS) is 10.1. The van der Waals surface area contributed by atoms with E-state index in [-0.39, 0.29) is 17.1 Å². The number of hydrogen-bond acceptors (Lipinski definition) is 2. The Morgan fingerprint density at radius 1 is 1.33 bits per heavy atom. The van der Waals surface area contributed by atoms with Crippen LogP contribution in [-0.4, -0.2) is 22.0 Å². The van der Waals surface area contributed by atoms with E-state index >= 15 is 0 Å². The first-order valence-electron chi connectivity index (χ1n) is 4.72. The van der Waals surface area contributed by atoms with E-state index in [0.717, 1.165) is 0 Å². The van der Waals surface area contributed by atoms with Gasteiger partial charge in [-0.15, -0.1) is 0 Å². The number of carbonyl (C=O) groups is 1. The Kier molecular flexibility index (Phi) is 3.80.